The van der Waals surface area contributed by atoms with Crippen molar-refractivity contribution < 1.29 is 4.79 Å². The summed E-state index contributed by atoms with van der Waals surface area (Å²) < 4.78 is 0. The molecule has 0 fully saturated rings. The molecule has 2 rings (SSSR count). The van der Waals surface area contributed by atoms with Crippen LogP contribution in [0.15, 0.2) is 24.4 Å². The molecule has 1 amide bonds. The number of nitrogens with zero attached hydrogens (tertiary/aromatic N) is 1. The van der Waals surface area contributed by atoms with Crippen LogP contribution in [-0.2, 0) is 6.54 Å². The Morgan fingerprint density at radius 3 is 2.94 bits per heavy atom. The molecule has 0 bridgehead atoms. The normalized spacial score (nSPS) is 10.3. The fraction of sp³-hybridized carbons (Fsp3) is 0.167. The minimum Gasteiger partial charge on any atom is -0.384 e. The summed E-state index contributed by atoms with van der Waals surface area (Å²) in [4.78, 5) is 11.9. The lowest BCUT2D eigenvalue weighted by atomic mass is 10.1. The van der Waals surface area contributed by atoms with Crippen molar-refractivity contribution in [1.82, 2.24) is 15.5 Å². The van der Waals surface area contributed by atoms with Crippen molar-refractivity contribution in [2.75, 3.05) is 5.73 Å². The number of carbonyl (C=O) groups is 1. The Bertz CT molecular complexity index is 579. The van der Waals surface area contributed by atoms with Crippen LogP contribution in [0.4, 0.5) is 5.82 Å². The van der Waals surface area contributed by atoms with Crippen LogP contribution in [-0.4, -0.2) is 16.1 Å². The van der Waals surface area contributed by atoms with Crippen molar-refractivity contribution >= 4 is 23.3 Å². The highest BCUT2D eigenvalue weighted by Gasteiger charge is 2.08. The smallest absolute Gasteiger partial charge is 0.251 e. The van der Waals surface area contributed by atoms with Gasteiger partial charge in [0, 0.05) is 22.7 Å². The first-order valence-corrected chi connectivity index (χ1v) is 5.78. The molecule has 0 aliphatic rings. The zero-order valence-electron chi connectivity index (χ0n) is 9.83. The monoisotopic (exact) mass is 264 g/mol. The maximum absolute atomic E-state index is 11.9. The van der Waals surface area contributed by atoms with Gasteiger partial charge in [-0.05, 0) is 24.6 Å². The fourth-order valence-corrected chi connectivity index (χ4v) is 1.65. The number of amides is 1. The minimum absolute atomic E-state index is 0.197. The maximum atomic E-state index is 11.9. The highest BCUT2D eigenvalue weighted by molar-refractivity contribution is 6.31. The van der Waals surface area contributed by atoms with E-state index in [1.54, 1.807) is 18.3 Å². The number of nitrogens with two attached hydrogens (primary N) is 1. The average Bonchev–Trinajstić information content (AvgIpc) is 2.75. The topological polar surface area (TPSA) is 83.8 Å². The second-order valence-electron chi connectivity index (χ2n) is 3.96. The molecule has 18 heavy (non-hydrogen) atoms. The Morgan fingerprint density at radius 1 is 1.56 bits per heavy atom. The van der Waals surface area contributed by atoms with E-state index in [1.807, 2.05) is 13.0 Å². The lowest BCUT2D eigenvalue weighted by Gasteiger charge is -2.06. The molecule has 1 aromatic carbocycles. The van der Waals surface area contributed by atoms with Crippen molar-refractivity contribution in [2.24, 2.45) is 0 Å². The Labute approximate surface area is 109 Å². The number of nitrogens with one attached hydrogen (secondary N) is 2. The third-order valence-corrected chi connectivity index (χ3v) is 3.03. The minimum atomic E-state index is -0.197. The molecule has 0 spiro atoms. The molecule has 6 heteroatoms. The molecule has 4 N–H and O–H groups in total. The average molecular weight is 265 g/mol. The maximum Gasteiger partial charge on any atom is 0.251 e. The van der Waals surface area contributed by atoms with Crippen molar-refractivity contribution in [1.29, 1.82) is 0 Å². The van der Waals surface area contributed by atoms with Gasteiger partial charge < -0.3 is 11.1 Å². The molecule has 0 aliphatic carbocycles. The number of H-pyrrole nitrogens is 1. The van der Waals surface area contributed by atoms with Crippen LogP contribution < -0.4 is 11.1 Å². The number of carbonyl (C=O) groups excluding carboxylic acids is 1. The van der Waals surface area contributed by atoms with Crippen molar-refractivity contribution in [3.05, 3.63) is 46.1 Å². The number of hydrogen-bond acceptors (Lipinski definition) is 3. The van der Waals surface area contributed by atoms with Gasteiger partial charge in [0.25, 0.3) is 5.91 Å². The molecule has 0 radical (unpaired) electrons. The van der Waals surface area contributed by atoms with Gasteiger partial charge >= 0.3 is 0 Å². The number of aryl methyl sites for hydroxylation is 1. The molecule has 0 saturated carbocycles. The summed E-state index contributed by atoms with van der Waals surface area (Å²) in [5, 5.41) is 9.71. The molecule has 1 heterocycles. The van der Waals surface area contributed by atoms with Crippen molar-refractivity contribution in [3.8, 4) is 0 Å². The number of benzene rings is 1. The molecule has 0 unspecified atom stereocenters. The van der Waals surface area contributed by atoms with Gasteiger partial charge in [-0.3, -0.25) is 9.89 Å². The Hall–Kier alpha value is -2.01. The van der Waals surface area contributed by atoms with Crippen LogP contribution in [0.3, 0.4) is 0 Å². The van der Waals surface area contributed by atoms with Crippen LogP contribution in [0.25, 0.3) is 0 Å². The summed E-state index contributed by atoms with van der Waals surface area (Å²) >= 11 is 5.97. The second kappa shape index (κ2) is 5.10. The van der Waals surface area contributed by atoms with E-state index in [1.165, 1.54) is 0 Å². The predicted octanol–water partition coefficient (Wildman–Crippen LogP) is 1.88. The molecule has 2 aromatic rings. The molecule has 1 aromatic heterocycles. The summed E-state index contributed by atoms with van der Waals surface area (Å²) in [6, 6.07) is 5.18. The number of aromatic amines is 1. The highest BCUT2D eigenvalue weighted by atomic mass is 35.5. The van der Waals surface area contributed by atoms with E-state index in [0.717, 1.165) is 11.1 Å². The number of hydrogen-bond donors (Lipinski definition) is 3. The van der Waals surface area contributed by atoms with Gasteiger partial charge in [0.05, 0.1) is 6.20 Å². The number of rotatable bonds is 3. The van der Waals surface area contributed by atoms with Gasteiger partial charge in [-0.1, -0.05) is 17.7 Å². The molecule has 0 aliphatic heterocycles. The van der Waals surface area contributed by atoms with Crippen molar-refractivity contribution in [2.45, 2.75) is 13.5 Å². The number of nitrogen functional groups attached to an aromatic ring is 1. The molecule has 0 saturated heterocycles. The van der Waals surface area contributed by atoms with Crippen LogP contribution in [0.1, 0.15) is 21.5 Å². The Balaban J connectivity index is 2.04. The fourth-order valence-electron chi connectivity index (χ4n) is 1.47. The van der Waals surface area contributed by atoms with Crippen molar-refractivity contribution in [3.63, 3.8) is 0 Å². The summed E-state index contributed by atoms with van der Waals surface area (Å²) in [6.07, 6.45) is 1.58. The Kier molecular flexibility index (Phi) is 3.53. The standard InChI is InChI=1S/C12H13ClN4O/c1-7-2-3-8(4-10(7)13)12(18)15-5-9-6-16-17-11(9)14/h2-4,6H,5H2,1H3,(H,15,18)(H3,14,16,17). The molecule has 94 valence electrons. The number of anilines is 1. The summed E-state index contributed by atoms with van der Waals surface area (Å²) in [6.45, 7) is 2.21. The van der Waals surface area contributed by atoms with Gasteiger partial charge in [-0.2, -0.15) is 5.10 Å². The van der Waals surface area contributed by atoms with Crippen LogP contribution >= 0.6 is 11.6 Å². The van der Waals surface area contributed by atoms with E-state index in [0.29, 0.717) is 22.9 Å². The summed E-state index contributed by atoms with van der Waals surface area (Å²) in [5.74, 6) is 0.259. The first-order chi connectivity index (χ1) is 8.58. The van der Waals surface area contributed by atoms with E-state index < -0.39 is 0 Å². The van der Waals surface area contributed by atoms with Gasteiger partial charge in [0.1, 0.15) is 5.82 Å². The predicted molar refractivity (Wildman–Crippen MR) is 70.4 cm³/mol. The largest absolute Gasteiger partial charge is 0.384 e. The third-order valence-electron chi connectivity index (χ3n) is 2.62. The molecule has 0 atom stereocenters. The van der Waals surface area contributed by atoms with Crippen LogP contribution in [0, 0.1) is 6.92 Å². The first-order valence-electron chi connectivity index (χ1n) is 5.40. The highest BCUT2D eigenvalue weighted by Crippen LogP contribution is 2.16. The summed E-state index contributed by atoms with van der Waals surface area (Å²) in [7, 11) is 0. The third kappa shape index (κ3) is 2.62. The second-order valence-corrected chi connectivity index (χ2v) is 4.36. The van der Waals surface area contributed by atoms with E-state index >= 15 is 0 Å². The first kappa shape index (κ1) is 12.4. The van der Waals surface area contributed by atoms with Gasteiger partial charge in [-0.15, -0.1) is 0 Å². The van der Waals surface area contributed by atoms with E-state index in [9.17, 15) is 4.79 Å². The van der Waals surface area contributed by atoms with E-state index in [2.05, 4.69) is 15.5 Å². The Morgan fingerprint density at radius 2 is 2.33 bits per heavy atom. The van der Waals surface area contributed by atoms with Gasteiger partial charge in [0.2, 0.25) is 0 Å². The number of aromatic nitrogens is 2. The van der Waals surface area contributed by atoms with Gasteiger partial charge in [0.15, 0.2) is 0 Å². The lowest BCUT2D eigenvalue weighted by molar-refractivity contribution is 0.0951. The molecule has 5 nitrogen and oxygen atoms in total. The van der Waals surface area contributed by atoms with Crippen LogP contribution in [0.2, 0.25) is 5.02 Å². The SMILES string of the molecule is Cc1ccc(C(=O)NCc2cn[nH]c2N)cc1Cl. The lowest BCUT2D eigenvalue weighted by Crippen LogP contribution is -2.23. The number of halogens is 1. The van der Waals surface area contributed by atoms with E-state index in [4.69, 9.17) is 17.3 Å². The van der Waals surface area contributed by atoms with E-state index in [-0.39, 0.29) is 5.91 Å². The molecular weight excluding hydrogens is 252 g/mol. The zero-order valence-corrected chi connectivity index (χ0v) is 10.6. The molecular formula is C12H13ClN4O. The quantitative estimate of drug-likeness (QED) is 0.791. The zero-order chi connectivity index (χ0) is 13.1. The van der Waals surface area contributed by atoms with Gasteiger partial charge in [-0.25, -0.2) is 0 Å². The van der Waals surface area contributed by atoms with Crippen LogP contribution in [0.5, 0.6) is 0 Å². The summed E-state index contributed by atoms with van der Waals surface area (Å²) in [5.41, 5.74) is 7.83.